The number of nitrogens with one attached hydrogen (secondary N) is 1. The fourth-order valence-electron chi connectivity index (χ4n) is 5.62. The highest BCUT2D eigenvalue weighted by molar-refractivity contribution is 5.92. The molecule has 1 aliphatic heterocycles. The Morgan fingerprint density at radius 1 is 1.00 bits per heavy atom. The first kappa shape index (κ1) is 24.2. The zero-order chi connectivity index (χ0) is 26.1. The average molecular weight is 508 g/mol. The van der Waals surface area contributed by atoms with Crippen LogP contribution in [0.15, 0.2) is 54.9 Å². The molecule has 1 aliphatic carbocycles. The van der Waals surface area contributed by atoms with Crippen LogP contribution in [0.2, 0.25) is 0 Å². The fraction of sp³-hybridized carbons (Fsp3) is 0.323. The molecule has 7 heteroatoms. The number of aryl methyl sites for hydroxylation is 1. The zero-order valence-electron chi connectivity index (χ0n) is 22.2. The van der Waals surface area contributed by atoms with Gasteiger partial charge in [-0.1, -0.05) is 0 Å². The molecule has 194 valence electrons. The van der Waals surface area contributed by atoms with Crippen LogP contribution in [0.25, 0.3) is 22.9 Å². The van der Waals surface area contributed by atoms with Gasteiger partial charge in [0.25, 0.3) is 0 Å². The van der Waals surface area contributed by atoms with Crippen molar-refractivity contribution in [3.63, 3.8) is 0 Å². The molecule has 1 N–H and O–H groups in total. The summed E-state index contributed by atoms with van der Waals surface area (Å²) in [5.41, 5.74) is 9.30. The predicted octanol–water partition coefficient (Wildman–Crippen LogP) is 6.06. The number of nitrogens with zero attached hydrogens (tertiary/aromatic N) is 4. The summed E-state index contributed by atoms with van der Waals surface area (Å²) >= 11 is 0. The number of benzene rings is 1. The Hall–Kier alpha value is -4.13. The second kappa shape index (κ2) is 10.3. The van der Waals surface area contributed by atoms with Crippen LogP contribution < -0.4 is 14.4 Å². The van der Waals surface area contributed by atoms with E-state index in [4.69, 9.17) is 19.4 Å². The molecular weight excluding hydrogens is 474 g/mol. The van der Waals surface area contributed by atoms with Gasteiger partial charge in [0.2, 0.25) is 5.88 Å². The minimum Gasteiger partial charge on any atom is -0.494 e. The first-order valence-electron chi connectivity index (χ1n) is 13.4. The first-order chi connectivity index (χ1) is 18.6. The number of aromatic nitrogens is 4. The summed E-state index contributed by atoms with van der Waals surface area (Å²) in [5.74, 6) is 3.04. The third kappa shape index (κ3) is 4.64. The summed E-state index contributed by atoms with van der Waals surface area (Å²) in [6.45, 7) is 6.76. The van der Waals surface area contributed by atoms with Crippen molar-refractivity contribution in [2.75, 3.05) is 31.7 Å². The number of fused-ring (bicyclic) bond motifs is 1. The smallest absolute Gasteiger partial charge is 0.213 e. The van der Waals surface area contributed by atoms with Gasteiger partial charge < -0.3 is 19.4 Å². The van der Waals surface area contributed by atoms with Crippen molar-refractivity contribution >= 4 is 17.3 Å². The second-order valence-corrected chi connectivity index (χ2v) is 9.94. The summed E-state index contributed by atoms with van der Waals surface area (Å²) in [6.07, 6.45) is 8.98. The number of aromatic amines is 1. The van der Waals surface area contributed by atoms with Crippen molar-refractivity contribution in [2.45, 2.75) is 39.0 Å². The summed E-state index contributed by atoms with van der Waals surface area (Å²) < 4.78 is 10.9. The Morgan fingerprint density at radius 3 is 2.55 bits per heavy atom. The van der Waals surface area contributed by atoms with E-state index >= 15 is 0 Å². The van der Waals surface area contributed by atoms with E-state index < -0.39 is 0 Å². The number of pyridine rings is 2. The molecule has 0 saturated carbocycles. The van der Waals surface area contributed by atoms with Crippen molar-refractivity contribution in [1.82, 2.24) is 19.9 Å². The SMILES string of the molecule is CCOc1ccc(-c2nc(C3CCN(c4ccnc5c4C=C(c4ccnc(OC)c4)C5)CC3)[nH]c2C)cc1. The van der Waals surface area contributed by atoms with E-state index in [1.54, 1.807) is 13.3 Å². The second-order valence-electron chi connectivity index (χ2n) is 9.94. The summed E-state index contributed by atoms with van der Waals surface area (Å²) in [6, 6.07) is 14.4. The highest BCUT2D eigenvalue weighted by atomic mass is 16.5. The van der Waals surface area contributed by atoms with Crippen molar-refractivity contribution in [1.29, 1.82) is 0 Å². The molecule has 3 aromatic heterocycles. The molecule has 4 aromatic rings. The predicted molar refractivity (Wildman–Crippen MR) is 151 cm³/mol. The lowest BCUT2D eigenvalue weighted by Crippen LogP contribution is -2.33. The van der Waals surface area contributed by atoms with E-state index in [0.717, 1.165) is 72.1 Å². The molecule has 38 heavy (non-hydrogen) atoms. The van der Waals surface area contributed by atoms with E-state index in [1.165, 1.54) is 16.8 Å². The van der Waals surface area contributed by atoms with Crippen LogP contribution in [0.3, 0.4) is 0 Å². The maximum atomic E-state index is 5.59. The Kier molecular flexibility index (Phi) is 6.58. The summed E-state index contributed by atoms with van der Waals surface area (Å²) in [7, 11) is 1.65. The molecule has 4 heterocycles. The number of H-pyrrole nitrogens is 1. The van der Waals surface area contributed by atoms with E-state index in [2.05, 4.69) is 46.1 Å². The Morgan fingerprint density at radius 2 is 1.79 bits per heavy atom. The highest BCUT2D eigenvalue weighted by Crippen LogP contribution is 2.39. The number of piperidine rings is 1. The van der Waals surface area contributed by atoms with Crippen molar-refractivity contribution in [3.8, 4) is 22.9 Å². The van der Waals surface area contributed by atoms with E-state index in [1.807, 2.05) is 37.4 Å². The van der Waals surface area contributed by atoms with E-state index in [-0.39, 0.29) is 0 Å². The maximum absolute atomic E-state index is 5.59. The molecule has 1 saturated heterocycles. The number of methoxy groups -OCH3 is 1. The van der Waals surface area contributed by atoms with Crippen LogP contribution in [0, 0.1) is 6.92 Å². The van der Waals surface area contributed by atoms with Gasteiger partial charge >= 0.3 is 0 Å². The molecule has 2 aliphatic rings. The van der Waals surface area contributed by atoms with Gasteiger partial charge in [0, 0.05) is 66.4 Å². The quantitative estimate of drug-likeness (QED) is 0.328. The van der Waals surface area contributed by atoms with Gasteiger partial charge in [-0.25, -0.2) is 9.97 Å². The van der Waals surface area contributed by atoms with Gasteiger partial charge in [0.05, 0.1) is 25.1 Å². The number of ether oxygens (including phenoxy) is 2. The van der Waals surface area contributed by atoms with Gasteiger partial charge in [-0.3, -0.25) is 4.98 Å². The van der Waals surface area contributed by atoms with E-state index in [9.17, 15) is 0 Å². The molecule has 0 radical (unpaired) electrons. The van der Waals surface area contributed by atoms with Crippen molar-refractivity contribution < 1.29 is 9.47 Å². The van der Waals surface area contributed by atoms with Crippen LogP contribution >= 0.6 is 0 Å². The number of hydrogen-bond donors (Lipinski definition) is 1. The lowest BCUT2D eigenvalue weighted by atomic mass is 9.95. The van der Waals surface area contributed by atoms with Crippen molar-refractivity contribution in [2.24, 2.45) is 0 Å². The number of hydrogen-bond acceptors (Lipinski definition) is 6. The van der Waals surface area contributed by atoms with E-state index in [0.29, 0.717) is 18.4 Å². The first-order valence-corrected chi connectivity index (χ1v) is 13.4. The molecule has 6 rings (SSSR count). The lowest BCUT2D eigenvalue weighted by Gasteiger charge is -2.33. The topological polar surface area (TPSA) is 76.2 Å². The zero-order valence-corrected chi connectivity index (χ0v) is 22.2. The van der Waals surface area contributed by atoms with Crippen LogP contribution in [-0.4, -0.2) is 46.7 Å². The molecule has 1 aromatic carbocycles. The largest absolute Gasteiger partial charge is 0.494 e. The standard InChI is InChI=1S/C31H33N5O2/c1-4-38-25-7-5-21(6-8-25)30-20(2)34-31(35-30)22-11-15-36(16-12-22)28-10-14-32-27-18-24(17-26(27)28)23-9-13-33-29(19-23)37-3/h5-10,13-14,17,19,22H,4,11-12,15-16,18H2,1-3H3,(H,34,35). The molecular formula is C31H33N5O2. The third-order valence-corrected chi connectivity index (χ3v) is 7.61. The summed E-state index contributed by atoms with van der Waals surface area (Å²) in [4.78, 5) is 20.1. The Labute approximate surface area is 223 Å². The number of allylic oxidation sites excluding steroid dienone is 1. The van der Waals surface area contributed by atoms with Gasteiger partial charge in [-0.2, -0.15) is 0 Å². The third-order valence-electron chi connectivity index (χ3n) is 7.61. The molecule has 1 fully saturated rings. The minimum absolute atomic E-state index is 0.423. The molecule has 0 bridgehead atoms. The maximum Gasteiger partial charge on any atom is 0.213 e. The molecule has 7 nitrogen and oxygen atoms in total. The Bertz CT molecular complexity index is 1470. The summed E-state index contributed by atoms with van der Waals surface area (Å²) in [5, 5.41) is 0. The van der Waals surface area contributed by atoms with Gasteiger partial charge in [-0.05, 0) is 80.3 Å². The minimum atomic E-state index is 0.423. The number of rotatable bonds is 7. The molecule has 0 amide bonds. The van der Waals surface area contributed by atoms with Crippen LogP contribution in [0.1, 0.15) is 54.0 Å². The van der Waals surface area contributed by atoms with Crippen LogP contribution in [0.5, 0.6) is 11.6 Å². The highest BCUT2D eigenvalue weighted by Gasteiger charge is 2.27. The van der Waals surface area contributed by atoms with Crippen LogP contribution in [0.4, 0.5) is 5.69 Å². The van der Waals surface area contributed by atoms with Crippen molar-refractivity contribution in [3.05, 3.63) is 83.2 Å². The molecule has 0 unspecified atom stereocenters. The Balaban J connectivity index is 1.17. The van der Waals surface area contributed by atoms with Crippen LogP contribution in [-0.2, 0) is 6.42 Å². The number of imidazole rings is 1. The monoisotopic (exact) mass is 507 g/mol. The number of anilines is 1. The van der Waals surface area contributed by atoms with Gasteiger partial charge in [0.1, 0.15) is 11.6 Å². The average Bonchev–Trinajstić information content (AvgIpc) is 3.58. The fourth-order valence-corrected chi connectivity index (χ4v) is 5.62. The van der Waals surface area contributed by atoms with Gasteiger partial charge in [-0.15, -0.1) is 0 Å². The lowest BCUT2D eigenvalue weighted by molar-refractivity contribution is 0.340. The normalized spacial score (nSPS) is 15.3. The van der Waals surface area contributed by atoms with Gasteiger partial charge in [0.15, 0.2) is 0 Å². The molecule has 0 atom stereocenters. The molecule has 0 spiro atoms.